The van der Waals surface area contributed by atoms with E-state index in [1.54, 1.807) is 34.1 Å². The summed E-state index contributed by atoms with van der Waals surface area (Å²) in [5, 5.41) is 5.66. The van der Waals surface area contributed by atoms with E-state index in [0.717, 1.165) is 24.1 Å². The number of fused-ring (bicyclic) bond motifs is 1. The number of allylic oxidation sites excluding steroid dienone is 1. The minimum atomic E-state index is -0.568. The van der Waals surface area contributed by atoms with Crippen LogP contribution in [-0.4, -0.2) is 48.8 Å². The van der Waals surface area contributed by atoms with Gasteiger partial charge in [0.05, 0.1) is 44.6 Å². The molecule has 32 heavy (non-hydrogen) atoms. The number of ether oxygens (including phenoxy) is 3. The molecule has 2 aliphatic heterocycles. The second kappa shape index (κ2) is 9.28. The van der Waals surface area contributed by atoms with Crippen molar-refractivity contribution in [2.24, 2.45) is 4.99 Å². The zero-order valence-electron chi connectivity index (χ0n) is 18.6. The summed E-state index contributed by atoms with van der Waals surface area (Å²) in [5.74, 6) is 0.752. The molecule has 0 spiro atoms. The standard InChI is InChI=1S/C23H27N3O5S/c1-5-31-22(28)20-13(2)24-23-26(15(12-32-23)10-19(27)25-14-6-7-14)21(20)17-11-16(29-3)8-9-18(17)30-4/h8-9,11-12,14,21H,5-7,10H2,1-4H3,(H,25,27). The second-order valence-electron chi connectivity index (χ2n) is 7.74. The summed E-state index contributed by atoms with van der Waals surface area (Å²) in [4.78, 5) is 32.3. The highest BCUT2D eigenvalue weighted by molar-refractivity contribution is 8.16. The third-order valence-corrected chi connectivity index (χ3v) is 6.40. The lowest BCUT2D eigenvalue weighted by Crippen LogP contribution is -2.38. The summed E-state index contributed by atoms with van der Waals surface area (Å²) in [6.07, 6.45) is 2.24. The Morgan fingerprint density at radius 2 is 2.03 bits per heavy atom. The van der Waals surface area contributed by atoms with Gasteiger partial charge in [-0.05, 0) is 50.3 Å². The van der Waals surface area contributed by atoms with Crippen LogP contribution >= 0.6 is 11.8 Å². The molecule has 1 aromatic rings. The summed E-state index contributed by atoms with van der Waals surface area (Å²) in [6.45, 7) is 3.82. The van der Waals surface area contributed by atoms with E-state index in [2.05, 4.69) is 10.3 Å². The Bertz CT molecular complexity index is 1030. The number of nitrogens with zero attached hydrogens (tertiary/aromatic N) is 2. The molecular formula is C23H27N3O5S. The van der Waals surface area contributed by atoms with E-state index in [-0.39, 0.29) is 25.0 Å². The molecule has 0 saturated heterocycles. The number of rotatable bonds is 8. The predicted octanol–water partition coefficient (Wildman–Crippen LogP) is 3.51. The number of methoxy groups -OCH3 is 2. The van der Waals surface area contributed by atoms with E-state index in [1.807, 2.05) is 22.4 Å². The van der Waals surface area contributed by atoms with Gasteiger partial charge in [-0.25, -0.2) is 9.79 Å². The van der Waals surface area contributed by atoms with E-state index in [1.165, 1.54) is 11.8 Å². The number of nitrogens with one attached hydrogen (secondary N) is 1. The van der Waals surface area contributed by atoms with Crippen molar-refractivity contribution in [2.45, 2.75) is 45.2 Å². The fourth-order valence-corrected chi connectivity index (χ4v) is 4.82. The summed E-state index contributed by atoms with van der Waals surface area (Å²) >= 11 is 1.44. The molecular weight excluding hydrogens is 430 g/mol. The summed E-state index contributed by atoms with van der Waals surface area (Å²) in [7, 11) is 3.17. The highest BCUT2D eigenvalue weighted by Crippen LogP contribution is 2.47. The quantitative estimate of drug-likeness (QED) is 0.598. The molecule has 0 radical (unpaired) electrons. The van der Waals surface area contributed by atoms with E-state index in [9.17, 15) is 9.59 Å². The Kier molecular flexibility index (Phi) is 6.45. The molecule has 3 aliphatic rings. The van der Waals surface area contributed by atoms with Crippen molar-refractivity contribution in [3.8, 4) is 11.5 Å². The predicted molar refractivity (Wildman–Crippen MR) is 122 cm³/mol. The molecule has 1 fully saturated rings. The van der Waals surface area contributed by atoms with Gasteiger partial charge in [-0.15, -0.1) is 0 Å². The number of carbonyl (C=O) groups excluding carboxylic acids is 2. The van der Waals surface area contributed by atoms with Gasteiger partial charge in [0.15, 0.2) is 5.17 Å². The van der Waals surface area contributed by atoms with Crippen LogP contribution in [0.5, 0.6) is 11.5 Å². The van der Waals surface area contributed by atoms with Crippen LogP contribution in [0.15, 0.2) is 45.6 Å². The molecule has 9 heteroatoms. The monoisotopic (exact) mass is 457 g/mol. The van der Waals surface area contributed by atoms with Crippen molar-refractivity contribution in [2.75, 3.05) is 20.8 Å². The molecule has 170 valence electrons. The second-order valence-corrected chi connectivity index (χ2v) is 8.58. The molecule has 0 bridgehead atoms. The van der Waals surface area contributed by atoms with Gasteiger partial charge in [0.2, 0.25) is 5.91 Å². The van der Waals surface area contributed by atoms with Crippen molar-refractivity contribution in [3.63, 3.8) is 0 Å². The molecule has 1 unspecified atom stereocenters. The number of esters is 1. The number of benzene rings is 1. The highest BCUT2D eigenvalue weighted by atomic mass is 32.2. The van der Waals surface area contributed by atoms with Crippen molar-refractivity contribution in [1.82, 2.24) is 10.2 Å². The van der Waals surface area contributed by atoms with Gasteiger partial charge in [0.1, 0.15) is 11.5 Å². The molecule has 4 rings (SSSR count). The largest absolute Gasteiger partial charge is 0.497 e. The van der Waals surface area contributed by atoms with E-state index < -0.39 is 12.0 Å². The normalized spacial score (nSPS) is 19.8. The maximum absolute atomic E-state index is 13.1. The SMILES string of the molecule is CCOC(=O)C1=C(C)N=C2SC=C(CC(=O)NC3CC3)N2C1c1cc(OC)ccc1OC. The van der Waals surface area contributed by atoms with Crippen LogP contribution in [0, 0.1) is 0 Å². The van der Waals surface area contributed by atoms with Gasteiger partial charge in [-0.1, -0.05) is 11.8 Å². The maximum atomic E-state index is 13.1. The first-order valence-corrected chi connectivity index (χ1v) is 11.5. The van der Waals surface area contributed by atoms with Crippen molar-refractivity contribution >= 4 is 28.8 Å². The molecule has 0 aromatic heterocycles. The Balaban J connectivity index is 1.79. The van der Waals surface area contributed by atoms with Gasteiger partial charge in [-0.2, -0.15) is 0 Å². The average molecular weight is 458 g/mol. The van der Waals surface area contributed by atoms with Crippen molar-refractivity contribution in [3.05, 3.63) is 46.1 Å². The first kappa shape index (κ1) is 22.3. The molecule has 2 heterocycles. The first-order valence-electron chi connectivity index (χ1n) is 10.6. The Morgan fingerprint density at radius 3 is 2.69 bits per heavy atom. The van der Waals surface area contributed by atoms with Crippen LogP contribution in [-0.2, 0) is 14.3 Å². The Morgan fingerprint density at radius 1 is 1.25 bits per heavy atom. The fraction of sp³-hybridized carbons (Fsp3) is 0.435. The summed E-state index contributed by atoms with van der Waals surface area (Å²) < 4.78 is 16.5. The van der Waals surface area contributed by atoms with Crippen LogP contribution < -0.4 is 14.8 Å². The van der Waals surface area contributed by atoms with E-state index >= 15 is 0 Å². The summed E-state index contributed by atoms with van der Waals surface area (Å²) in [6, 6.07) is 5.17. The van der Waals surface area contributed by atoms with Gasteiger partial charge < -0.3 is 24.4 Å². The third kappa shape index (κ3) is 4.34. The number of amidine groups is 1. The summed E-state index contributed by atoms with van der Waals surface area (Å²) in [5.41, 5.74) is 2.50. The molecule has 1 atom stereocenters. The van der Waals surface area contributed by atoms with E-state index in [4.69, 9.17) is 14.2 Å². The molecule has 1 saturated carbocycles. The van der Waals surface area contributed by atoms with Gasteiger partial charge in [0.25, 0.3) is 0 Å². The number of hydrogen-bond donors (Lipinski definition) is 1. The number of amides is 1. The number of aliphatic imine (C=N–C) groups is 1. The number of hydrogen-bond acceptors (Lipinski definition) is 8. The Labute approximate surface area is 191 Å². The van der Waals surface area contributed by atoms with Crippen LogP contribution in [0.2, 0.25) is 0 Å². The zero-order valence-corrected chi connectivity index (χ0v) is 19.5. The lowest BCUT2D eigenvalue weighted by molar-refractivity contribution is -0.139. The lowest BCUT2D eigenvalue weighted by Gasteiger charge is -2.36. The topological polar surface area (TPSA) is 89.5 Å². The van der Waals surface area contributed by atoms with Crippen molar-refractivity contribution in [1.29, 1.82) is 0 Å². The molecule has 1 amide bonds. The van der Waals surface area contributed by atoms with Crippen LogP contribution in [0.4, 0.5) is 0 Å². The molecule has 1 aliphatic carbocycles. The number of carbonyl (C=O) groups is 2. The smallest absolute Gasteiger partial charge is 0.338 e. The number of thioether (sulfide) groups is 1. The molecule has 1 aromatic carbocycles. The van der Waals surface area contributed by atoms with Crippen LogP contribution in [0.1, 0.15) is 44.7 Å². The fourth-order valence-electron chi connectivity index (χ4n) is 3.86. The van der Waals surface area contributed by atoms with Gasteiger partial charge in [-0.3, -0.25) is 4.79 Å². The minimum absolute atomic E-state index is 0.0408. The highest BCUT2D eigenvalue weighted by Gasteiger charge is 2.42. The third-order valence-electron chi connectivity index (χ3n) is 5.51. The minimum Gasteiger partial charge on any atom is -0.497 e. The van der Waals surface area contributed by atoms with Crippen molar-refractivity contribution < 1.29 is 23.8 Å². The van der Waals surface area contributed by atoms with Gasteiger partial charge >= 0.3 is 5.97 Å². The molecule has 8 nitrogen and oxygen atoms in total. The van der Waals surface area contributed by atoms with Gasteiger partial charge in [0, 0.05) is 17.3 Å². The van der Waals surface area contributed by atoms with E-state index in [0.29, 0.717) is 27.9 Å². The van der Waals surface area contributed by atoms with Crippen LogP contribution in [0.25, 0.3) is 0 Å². The average Bonchev–Trinajstić information content (AvgIpc) is 3.51. The maximum Gasteiger partial charge on any atom is 0.338 e. The Hall–Kier alpha value is -2.94. The first-order chi connectivity index (χ1) is 15.5. The molecule has 1 N–H and O–H groups in total. The zero-order chi connectivity index (χ0) is 22.8. The lowest BCUT2D eigenvalue weighted by atomic mass is 9.92. The van der Waals surface area contributed by atoms with Crippen LogP contribution in [0.3, 0.4) is 0 Å².